The maximum atomic E-state index is 10.9. The van der Waals surface area contributed by atoms with Crippen LogP contribution in [-0.2, 0) is 23.3 Å². The van der Waals surface area contributed by atoms with Gasteiger partial charge < -0.3 is 24.0 Å². The van der Waals surface area contributed by atoms with Crippen molar-refractivity contribution in [1.82, 2.24) is 0 Å². The number of ether oxygens (including phenoxy) is 3. The Kier molecular flexibility index (Phi) is 7.52. The van der Waals surface area contributed by atoms with Crippen molar-refractivity contribution >= 4 is 28.3 Å². The SMILES string of the molecule is [B][C@@H]1O[C@H](C(C)OP(=O)(O)O)[C@@H](OC)[C@H]1OCCCS. The van der Waals surface area contributed by atoms with Crippen LogP contribution in [0.4, 0.5) is 0 Å². The van der Waals surface area contributed by atoms with Gasteiger partial charge >= 0.3 is 7.82 Å². The molecule has 2 radical (unpaired) electrons. The van der Waals surface area contributed by atoms with E-state index in [-0.39, 0.29) is 0 Å². The van der Waals surface area contributed by atoms with Crippen LogP contribution in [0.3, 0.4) is 0 Å². The van der Waals surface area contributed by atoms with E-state index >= 15 is 0 Å². The fourth-order valence-corrected chi connectivity index (χ4v) is 2.79. The van der Waals surface area contributed by atoms with Crippen molar-refractivity contribution in [3.05, 3.63) is 0 Å². The van der Waals surface area contributed by atoms with E-state index in [1.165, 1.54) is 14.0 Å². The highest BCUT2D eigenvalue weighted by Gasteiger charge is 2.47. The van der Waals surface area contributed by atoms with E-state index < -0.39 is 38.2 Å². The minimum Gasteiger partial charge on any atom is -0.376 e. The van der Waals surface area contributed by atoms with E-state index in [1.807, 2.05) is 0 Å². The maximum absolute atomic E-state index is 10.9. The lowest BCUT2D eigenvalue weighted by Gasteiger charge is -2.26. The van der Waals surface area contributed by atoms with Crippen LogP contribution in [0, 0.1) is 0 Å². The van der Waals surface area contributed by atoms with E-state index in [1.54, 1.807) is 0 Å². The summed E-state index contributed by atoms with van der Waals surface area (Å²) >= 11 is 4.08. The zero-order valence-electron chi connectivity index (χ0n) is 11.4. The van der Waals surface area contributed by atoms with Gasteiger partial charge in [0.1, 0.15) is 26.2 Å². The van der Waals surface area contributed by atoms with Gasteiger partial charge in [0.15, 0.2) is 0 Å². The lowest BCUT2D eigenvalue weighted by Crippen LogP contribution is -2.41. The molecular formula is C10H20BO7PS. The highest BCUT2D eigenvalue weighted by atomic mass is 32.1. The molecule has 0 aromatic rings. The molecule has 0 aromatic heterocycles. The summed E-state index contributed by atoms with van der Waals surface area (Å²) in [7, 11) is 2.68. The minimum atomic E-state index is -4.60. The number of hydrogen-bond acceptors (Lipinski definition) is 6. The van der Waals surface area contributed by atoms with E-state index in [9.17, 15) is 4.57 Å². The fraction of sp³-hybridized carbons (Fsp3) is 1.00. The summed E-state index contributed by atoms with van der Waals surface area (Å²) in [5.41, 5.74) is 0. The predicted molar refractivity (Wildman–Crippen MR) is 76.0 cm³/mol. The van der Waals surface area contributed by atoms with Gasteiger partial charge in [0, 0.05) is 19.7 Å². The largest absolute Gasteiger partial charge is 0.469 e. The number of thiol groups is 1. The lowest BCUT2D eigenvalue weighted by atomic mass is 9.92. The van der Waals surface area contributed by atoms with E-state index in [4.69, 9.17) is 31.8 Å². The van der Waals surface area contributed by atoms with Crippen LogP contribution in [-0.4, -0.2) is 67.5 Å². The number of phosphoric acid groups is 1. The molecule has 0 aromatic carbocycles. The van der Waals surface area contributed by atoms with E-state index in [0.717, 1.165) is 6.42 Å². The molecule has 5 atom stereocenters. The number of methoxy groups -OCH3 is 1. The molecule has 20 heavy (non-hydrogen) atoms. The summed E-state index contributed by atoms with van der Waals surface area (Å²) in [5.74, 6) is 0.682. The van der Waals surface area contributed by atoms with Crippen molar-refractivity contribution in [2.75, 3.05) is 19.5 Å². The van der Waals surface area contributed by atoms with Gasteiger partial charge in [-0.1, -0.05) is 0 Å². The second kappa shape index (κ2) is 8.15. The third-order valence-corrected chi connectivity index (χ3v) is 3.86. The first kappa shape index (κ1) is 18.5. The zero-order chi connectivity index (χ0) is 15.3. The molecule has 1 saturated heterocycles. The first-order valence-corrected chi connectivity index (χ1v) is 8.36. The second-order valence-electron chi connectivity index (χ2n) is 4.48. The quantitative estimate of drug-likeness (QED) is 0.252. The monoisotopic (exact) mass is 326 g/mol. The summed E-state index contributed by atoms with van der Waals surface area (Å²) in [4.78, 5) is 17.7. The summed E-state index contributed by atoms with van der Waals surface area (Å²) in [6.07, 6.45) is -1.93. The Hall–Kier alpha value is 0.405. The third-order valence-electron chi connectivity index (χ3n) is 2.94. The van der Waals surface area contributed by atoms with Crippen molar-refractivity contribution in [2.45, 2.75) is 43.8 Å². The first-order valence-electron chi connectivity index (χ1n) is 6.20. The van der Waals surface area contributed by atoms with Crippen molar-refractivity contribution in [2.24, 2.45) is 0 Å². The Balaban J connectivity index is 2.66. The highest BCUT2D eigenvalue weighted by Crippen LogP contribution is 2.40. The Morgan fingerprint density at radius 3 is 2.60 bits per heavy atom. The smallest absolute Gasteiger partial charge is 0.376 e. The molecule has 0 spiro atoms. The van der Waals surface area contributed by atoms with Gasteiger partial charge in [-0.2, -0.15) is 12.6 Å². The van der Waals surface area contributed by atoms with E-state index in [2.05, 4.69) is 17.2 Å². The van der Waals surface area contributed by atoms with Crippen LogP contribution in [0.15, 0.2) is 0 Å². The highest BCUT2D eigenvalue weighted by molar-refractivity contribution is 7.80. The molecular weight excluding hydrogens is 306 g/mol. The van der Waals surface area contributed by atoms with Crippen molar-refractivity contribution in [3.8, 4) is 0 Å². The number of phosphoric ester groups is 1. The molecule has 0 amide bonds. The van der Waals surface area contributed by atoms with Gasteiger partial charge in [0.05, 0.1) is 6.10 Å². The molecule has 116 valence electrons. The summed E-state index contributed by atoms with van der Waals surface area (Å²) in [6, 6.07) is -0.743. The molecule has 1 unspecified atom stereocenters. The number of hydrogen-bond donors (Lipinski definition) is 3. The molecule has 2 N–H and O–H groups in total. The minimum absolute atomic E-state index is 0.450. The predicted octanol–water partition coefficient (Wildman–Crippen LogP) is 0.0977. The summed E-state index contributed by atoms with van der Waals surface area (Å²) in [5, 5.41) is 0. The Bertz CT molecular complexity index is 342. The molecule has 0 saturated carbocycles. The molecule has 0 aliphatic carbocycles. The molecule has 1 aliphatic rings. The van der Waals surface area contributed by atoms with Crippen LogP contribution in [0.2, 0.25) is 0 Å². The van der Waals surface area contributed by atoms with Crippen molar-refractivity contribution in [1.29, 1.82) is 0 Å². The van der Waals surface area contributed by atoms with Crippen LogP contribution in [0.25, 0.3) is 0 Å². The van der Waals surface area contributed by atoms with Gasteiger partial charge in [-0.15, -0.1) is 0 Å². The van der Waals surface area contributed by atoms with Gasteiger partial charge in [-0.05, 0) is 19.1 Å². The Morgan fingerprint density at radius 1 is 1.45 bits per heavy atom. The molecule has 1 rings (SSSR count). The molecule has 1 fully saturated rings. The van der Waals surface area contributed by atoms with Crippen LogP contribution >= 0.6 is 20.5 Å². The third kappa shape index (κ3) is 5.31. The van der Waals surface area contributed by atoms with Crippen molar-refractivity contribution < 1.29 is 33.1 Å². The van der Waals surface area contributed by atoms with Crippen LogP contribution < -0.4 is 0 Å². The average molecular weight is 326 g/mol. The standard InChI is InChI=1S/C10H20BO7PS/c1-6(18-19(12,13)14)7-8(15-2)9(10(11)17-7)16-4-3-5-20/h6-10,20H,3-5H2,1-2H3,(H2,12,13,14)/t6?,7-,8-,9-,10-/m1/s1. The second-order valence-corrected chi connectivity index (χ2v) is 6.12. The van der Waals surface area contributed by atoms with Crippen molar-refractivity contribution in [3.63, 3.8) is 0 Å². The average Bonchev–Trinajstić information content (AvgIpc) is 2.64. The van der Waals surface area contributed by atoms with Crippen LogP contribution in [0.1, 0.15) is 13.3 Å². The van der Waals surface area contributed by atoms with Gasteiger partial charge in [-0.3, -0.25) is 4.52 Å². The Labute approximate surface area is 125 Å². The molecule has 1 heterocycles. The number of rotatable bonds is 8. The van der Waals surface area contributed by atoms with Gasteiger partial charge in [0.25, 0.3) is 0 Å². The van der Waals surface area contributed by atoms with E-state index in [0.29, 0.717) is 12.4 Å². The molecule has 10 heteroatoms. The fourth-order valence-electron chi connectivity index (χ4n) is 2.11. The first-order chi connectivity index (χ1) is 9.30. The molecule has 7 nitrogen and oxygen atoms in total. The van der Waals surface area contributed by atoms with Gasteiger partial charge in [-0.25, -0.2) is 4.57 Å². The normalized spacial score (nSPS) is 32.5. The lowest BCUT2D eigenvalue weighted by molar-refractivity contribution is -0.0689. The van der Waals surface area contributed by atoms with Gasteiger partial charge in [0.2, 0.25) is 0 Å². The zero-order valence-corrected chi connectivity index (χ0v) is 13.2. The molecule has 1 aliphatic heterocycles. The summed E-state index contributed by atoms with van der Waals surface area (Å²) < 4.78 is 31.8. The molecule has 0 bridgehead atoms. The van der Waals surface area contributed by atoms with Crippen LogP contribution in [0.5, 0.6) is 0 Å². The summed E-state index contributed by atoms with van der Waals surface area (Å²) in [6.45, 7) is 1.93. The maximum Gasteiger partial charge on any atom is 0.469 e. The Morgan fingerprint density at radius 2 is 2.10 bits per heavy atom. The topological polar surface area (TPSA) is 94.5 Å².